The zero-order valence-electron chi connectivity index (χ0n) is 5.86. The summed E-state index contributed by atoms with van der Waals surface area (Å²) in [6.45, 7) is 0. The Bertz CT molecular complexity index is 377. The predicted molar refractivity (Wildman–Crippen MR) is 53.4 cm³/mol. The molecular formula is C6H6BrNO2S2. The van der Waals surface area contributed by atoms with E-state index in [1.807, 2.05) is 4.13 Å². The van der Waals surface area contributed by atoms with Crippen LogP contribution in [0, 0.1) is 0 Å². The number of benzene rings is 1. The molecule has 0 aliphatic rings. The lowest BCUT2D eigenvalue weighted by atomic mass is 10.4. The molecule has 3 nitrogen and oxygen atoms in total. The van der Waals surface area contributed by atoms with Gasteiger partial charge in [0.25, 0.3) is 10.0 Å². The minimum atomic E-state index is -3.46. The van der Waals surface area contributed by atoms with E-state index in [0.29, 0.717) is 4.47 Å². The zero-order valence-corrected chi connectivity index (χ0v) is 9.16. The number of rotatable bonds is 2. The second-order valence-corrected chi connectivity index (χ2v) is 5.06. The number of sulfonamides is 1. The van der Waals surface area contributed by atoms with Crippen molar-refractivity contribution >= 4 is 38.8 Å². The SMILES string of the molecule is O=S(=O)(NS)c1ccccc1Br. The maximum absolute atomic E-state index is 11.2. The fraction of sp³-hybridized carbons (Fsp3) is 0. The molecular weight excluding hydrogens is 262 g/mol. The highest BCUT2D eigenvalue weighted by molar-refractivity contribution is 9.10. The minimum absolute atomic E-state index is 0.181. The van der Waals surface area contributed by atoms with Crippen molar-refractivity contribution in [1.29, 1.82) is 0 Å². The van der Waals surface area contributed by atoms with Crippen molar-refractivity contribution in [3.8, 4) is 0 Å². The predicted octanol–water partition coefficient (Wildman–Crippen LogP) is 1.57. The summed E-state index contributed by atoms with van der Waals surface area (Å²) in [5.41, 5.74) is 0. The van der Waals surface area contributed by atoms with E-state index in [-0.39, 0.29) is 4.90 Å². The van der Waals surface area contributed by atoms with Crippen LogP contribution in [0.1, 0.15) is 0 Å². The molecule has 0 fully saturated rings. The first-order valence-corrected chi connectivity index (χ1v) is 5.70. The Balaban J connectivity index is 3.30. The molecule has 0 atom stereocenters. The van der Waals surface area contributed by atoms with E-state index in [4.69, 9.17) is 0 Å². The van der Waals surface area contributed by atoms with Crippen LogP contribution >= 0.6 is 28.7 Å². The Morgan fingerprint density at radius 1 is 1.33 bits per heavy atom. The Morgan fingerprint density at radius 3 is 2.42 bits per heavy atom. The molecule has 12 heavy (non-hydrogen) atoms. The molecule has 0 unspecified atom stereocenters. The van der Waals surface area contributed by atoms with Crippen LogP contribution in [-0.2, 0) is 10.0 Å². The fourth-order valence-electron chi connectivity index (χ4n) is 0.712. The van der Waals surface area contributed by atoms with Gasteiger partial charge in [0.1, 0.15) is 0 Å². The van der Waals surface area contributed by atoms with Gasteiger partial charge < -0.3 is 0 Å². The summed E-state index contributed by atoms with van der Waals surface area (Å²) < 4.78 is 24.9. The van der Waals surface area contributed by atoms with Crippen molar-refractivity contribution < 1.29 is 8.42 Å². The van der Waals surface area contributed by atoms with E-state index in [9.17, 15) is 8.42 Å². The van der Waals surface area contributed by atoms with Gasteiger partial charge in [0, 0.05) is 4.47 Å². The van der Waals surface area contributed by atoms with E-state index in [0.717, 1.165) is 0 Å². The molecule has 0 spiro atoms. The first kappa shape index (κ1) is 10.0. The third-order valence-electron chi connectivity index (χ3n) is 1.25. The number of hydrogen-bond donors (Lipinski definition) is 2. The van der Waals surface area contributed by atoms with Gasteiger partial charge in [-0.05, 0) is 28.1 Å². The van der Waals surface area contributed by atoms with Gasteiger partial charge in [0.15, 0.2) is 0 Å². The Labute approximate surface area is 84.9 Å². The number of thiol groups is 1. The molecule has 1 aromatic carbocycles. The third-order valence-corrected chi connectivity index (χ3v) is 4.10. The van der Waals surface area contributed by atoms with Crippen molar-refractivity contribution in [3.05, 3.63) is 28.7 Å². The number of halogens is 1. The molecule has 6 heteroatoms. The van der Waals surface area contributed by atoms with Crippen LogP contribution in [0.15, 0.2) is 33.6 Å². The van der Waals surface area contributed by atoms with E-state index < -0.39 is 10.0 Å². The maximum atomic E-state index is 11.2. The van der Waals surface area contributed by atoms with Gasteiger partial charge in [0.05, 0.1) is 4.90 Å². The quantitative estimate of drug-likeness (QED) is 0.800. The molecule has 0 aliphatic carbocycles. The van der Waals surface area contributed by atoms with Gasteiger partial charge >= 0.3 is 0 Å². The zero-order chi connectivity index (χ0) is 9.19. The topological polar surface area (TPSA) is 46.2 Å². The second-order valence-electron chi connectivity index (χ2n) is 2.03. The lowest BCUT2D eigenvalue weighted by Gasteiger charge is -2.02. The van der Waals surface area contributed by atoms with Crippen molar-refractivity contribution in [2.75, 3.05) is 0 Å². The van der Waals surface area contributed by atoms with E-state index in [1.54, 1.807) is 18.2 Å². The largest absolute Gasteiger partial charge is 0.250 e. The van der Waals surface area contributed by atoms with Gasteiger partial charge in [-0.25, -0.2) is 8.42 Å². The maximum Gasteiger partial charge on any atom is 0.250 e. The molecule has 0 aliphatic heterocycles. The molecule has 1 aromatic rings. The molecule has 66 valence electrons. The Morgan fingerprint density at radius 2 is 1.92 bits per heavy atom. The molecule has 0 aromatic heterocycles. The highest BCUT2D eigenvalue weighted by Crippen LogP contribution is 2.20. The molecule has 0 bridgehead atoms. The van der Waals surface area contributed by atoms with Crippen LogP contribution in [0.3, 0.4) is 0 Å². The van der Waals surface area contributed by atoms with E-state index in [2.05, 4.69) is 28.7 Å². The highest BCUT2D eigenvalue weighted by atomic mass is 79.9. The van der Waals surface area contributed by atoms with Crippen LogP contribution in [0.2, 0.25) is 0 Å². The normalized spacial score (nSPS) is 11.5. The number of hydrogen-bond acceptors (Lipinski definition) is 3. The van der Waals surface area contributed by atoms with Gasteiger partial charge in [-0.2, -0.15) is 4.13 Å². The van der Waals surface area contributed by atoms with Gasteiger partial charge in [-0.1, -0.05) is 24.9 Å². The van der Waals surface area contributed by atoms with Crippen molar-refractivity contribution in [3.63, 3.8) is 0 Å². The Hall–Kier alpha value is -0.0400. The summed E-state index contributed by atoms with van der Waals surface area (Å²) >= 11 is 6.62. The average molecular weight is 268 g/mol. The van der Waals surface area contributed by atoms with E-state index >= 15 is 0 Å². The summed E-state index contributed by atoms with van der Waals surface area (Å²) in [6, 6.07) is 6.52. The van der Waals surface area contributed by atoms with Gasteiger partial charge in [-0.15, -0.1) is 0 Å². The molecule has 0 radical (unpaired) electrons. The first-order chi connectivity index (χ1) is 5.58. The van der Waals surface area contributed by atoms with Crippen LogP contribution in [0.5, 0.6) is 0 Å². The van der Waals surface area contributed by atoms with E-state index in [1.165, 1.54) is 6.07 Å². The standard InChI is InChI=1S/C6H6BrNO2S2/c7-5-3-1-2-4-6(5)12(9,10)8-11/h1-4,8,11H. The fourth-order valence-corrected chi connectivity index (χ4v) is 2.61. The van der Waals surface area contributed by atoms with Gasteiger partial charge in [-0.3, -0.25) is 0 Å². The minimum Gasteiger partial charge on any atom is -0.206 e. The highest BCUT2D eigenvalue weighted by Gasteiger charge is 2.14. The van der Waals surface area contributed by atoms with Crippen molar-refractivity contribution in [1.82, 2.24) is 4.13 Å². The molecule has 1 rings (SSSR count). The van der Waals surface area contributed by atoms with Crippen molar-refractivity contribution in [2.45, 2.75) is 4.90 Å². The number of nitrogens with one attached hydrogen (secondary N) is 1. The van der Waals surface area contributed by atoms with Crippen LogP contribution in [-0.4, -0.2) is 8.42 Å². The molecule has 0 saturated carbocycles. The Kier molecular flexibility index (Phi) is 3.16. The summed E-state index contributed by atoms with van der Waals surface area (Å²) in [5, 5.41) is 0. The lowest BCUT2D eigenvalue weighted by Crippen LogP contribution is -2.13. The summed E-state index contributed by atoms with van der Waals surface area (Å²) in [6.07, 6.45) is 0. The van der Waals surface area contributed by atoms with Crippen LogP contribution in [0.25, 0.3) is 0 Å². The third kappa shape index (κ3) is 2.01. The summed E-state index contributed by atoms with van der Waals surface area (Å²) in [7, 11) is -3.46. The monoisotopic (exact) mass is 267 g/mol. The summed E-state index contributed by atoms with van der Waals surface area (Å²) in [5.74, 6) is 0. The average Bonchev–Trinajstić information content (AvgIpc) is 2.05. The lowest BCUT2D eigenvalue weighted by molar-refractivity contribution is 0.594. The van der Waals surface area contributed by atoms with Gasteiger partial charge in [0.2, 0.25) is 0 Å². The summed E-state index contributed by atoms with van der Waals surface area (Å²) in [4.78, 5) is 0.181. The molecule has 0 heterocycles. The first-order valence-electron chi connectivity index (χ1n) is 2.98. The smallest absolute Gasteiger partial charge is 0.206 e. The van der Waals surface area contributed by atoms with Crippen LogP contribution in [0.4, 0.5) is 0 Å². The molecule has 1 N–H and O–H groups in total. The van der Waals surface area contributed by atoms with Crippen molar-refractivity contribution in [2.24, 2.45) is 0 Å². The van der Waals surface area contributed by atoms with Crippen LogP contribution < -0.4 is 4.13 Å². The molecule has 0 saturated heterocycles. The molecule has 0 amide bonds. The second kappa shape index (κ2) is 3.78.